The van der Waals surface area contributed by atoms with E-state index in [2.05, 4.69) is 170 Å². The van der Waals surface area contributed by atoms with Gasteiger partial charge in [0, 0.05) is 42.4 Å². The van der Waals surface area contributed by atoms with Crippen molar-refractivity contribution in [3.8, 4) is 55.9 Å². The van der Waals surface area contributed by atoms with Crippen molar-refractivity contribution < 1.29 is 0 Å². The van der Waals surface area contributed by atoms with Gasteiger partial charge in [-0.3, -0.25) is 0 Å². The summed E-state index contributed by atoms with van der Waals surface area (Å²) in [6.07, 6.45) is 0. The zero-order valence-electron chi connectivity index (χ0n) is 31.6. The molecule has 8 aromatic carbocycles. The van der Waals surface area contributed by atoms with E-state index < -0.39 is 5.41 Å². The molecule has 6 heteroatoms. The molecule has 0 aliphatic heterocycles. The number of thiophene rings is 1. The summed E-state index contributed by atoms with van der Waals surface area (Å²) in [4.78, 5) is 21.1. The lowest BCUT2D eigenvalue weighted by Crippen LogP contribution is -2.28. The summed E-state index contributed by atoms with van der Waals surface area (Å²) in [6, 6.07) is 69.1. The third-order valence-corrected chi connectivity index (χ3v) is 13.9. The molecular formula is C53H32N4S2. The largest absolute Gasteiger partial charge is 0.236 e. The van der Waals surface area contributed by atoms with Crippen LogP contribution < -0.4 is 0 Å². The number of benzene rings is 8. The van der Waals surface area contributed by atoms with Gasteiger partial charge in [0.25, 0.3) is 0 Å². The van der Waals surface area contributed by atoms with Crippen LogP contribution in [0.4, 0.5) is 0 Å². The van der Waals surface area contributed by atoms with Crippen molar-refractivity contribution in [3.63, 3.8) is 0 Å². The molecule has 4 nitrogen and oxygen atoms in total. The lowest BCUT2D eigenvalue weighted by Gasteiger charge is -2.33. The van der Waals surface area contributed by atoms with Crippen LogP contribution in [-0.2, 0) is 5.41 Å². The molecule has 1 aliphatic carbocycles. The van der Waals surface area contributed by atoms with E-state index >= 15 is 0 Å². The monoisotopic (exact) mass is 788 g/mol. The van der Waals surface area contributed by atoms with E-state index in [1.165, 1.54) is 47.3 Å². The van der Waals surface area contributed by atoms with Gasteiger partial charge < -0.3 is 0 Å². The highest BCUT2D eigenvalue weighted by molar-refractivity contribution is 7.26. The van der Waals surface area contributed by atoms with Crippen LogP contribution in [-0.4, -0.2) is 19.9 Å². The minimum Gasteiger partial charge on any atom is -0.236 e. The molecule has 0 fully saturated rings. The van der Waals surface area contributed by atoms with Gasteiger partial charge in [-0.2, -0.15) is 0 Å². The second-order valence-electron chi connectivity index (χ2n) is 14.9. The highest BCUT2D eigenvalue weighted by atomic mass is 32.1. The van der Waals surface area contributed by atoms with Crippen LogP contribution in [0, 0.1) is 0 Å². The molecule has 0 amide bonds. The molecule has 3 heterocycles. The molecule has 0 saturated carbocycles. The molecule has 59 heavy (non-hydrogen) atoms. The SMILES string of the molecule is c1ccc(-c2nc(-c3cccc4c3-c3ccccc3C4(c3ccccc3)c3ccccc3)nc(-c3cccc4sc5ccc(-c6nc7ccccc7s6)cc5c34)n2)cc1. The normalized spacial score (nSPS) is 12.9. The zero-order valence-corrected chi connectivity index (χ0v) is 33.2. The Morgan fingerprint density at radius 1 is 0.373 bits per heavy atom. The molecule has 0 atom stereocenters. The van der Waals surface area contributed by atoms with Crippen molar-refractivity contribution in [2.24, 2.45) is 0 Å². The molecule has 0 spiro atoms. The first-order chi connectivity index (χ1) is 29.2. The molecule has 11 aromatic rings. The summed E-state index contributed by atoms with van der Waals surface area (Å²) in [6.45, 7) is 0. The maximum Gasteiger partial charge on any atom is 0.164 e. The Labute approximate surface area is 348 Å². The van der Waals surface area contributed by atoms with Crippen LogP contribution in [0.2, 0.25) is 0 Å². The Morgan fingerprint density at radius 2 is 0.966 bits per heavy atom. The first-order valence-electron chi connectivity index (χ1n) is 19.7. The van der Waals surface area contributed by atoms with Gasteiger partial charge in [-0.1, -0.05) is 164 Å². The topological polar surface area (TPSA) is 51.6 Å². The van der Waals surface area contributed by atoms with Crippen molar-refractivity contribution in [3.05, 3.63) is 216 Å². The molecule has 0 bridgehead atoms. The van der Waals surface area contributed by atoms with E-state index in [4.69, 9.17) is 19.9 Å². The summed E-state index contributed by atoms with van der Waals surface area (Å²) >= 11 is 3.52. The first kappa shape index (κ1) is 34.0. The predicted octanol–water partition coefficient (Wildman–Crippen LogP) is 13.9. The maximum atomic E-state index is 5.46. The van der Waals surface area contributed by atoms with E-state index in [1.807, 2.05) is 24.3 Å². The number of para-hydroxylation sites is 1. The second-order valence-corrected chi connectivity index (χ2v) is 17.0. The molecule has 0 N–H and O–H groups in total. The summed E-state index contributed by atoms with van der Waals surface area (Å²) in [5, 5.41) is 3.33. The van der Waals surface area contributed by atoms with Crippen molar-refractivity contribution in [1.82, 2.24) is 19.9 Å². The third-order valence-electron chi connectivity index (χ3n) is 11.7. The predicted molar refractivity (Wildman–Crippen MR) is 245 cm³/mol. The van der Waals surface area contributed by atoms with Crippen molar-refractivity contribution in [2.45, 2.75) is 5.41 Å². The molecule has 12 rings (SSSR count). The molecule has 0 unspecified atom stereocenters. The van der Waals surface area contributed by atoms with Gasteiger partial charge in [0.15, 0.2) is 17.5 Å². The van der Waals surface area contributed by atoms with Crippen LogP contribution in [0.25, 0.3) is 86.3 Å². The van der Waals surface area contributed by atoms with E-state index in [-0.39, 0.29) is 0 Å². The van der Waals surface area contributed by atoms with E-state index in [0.29, 0.717) is 17.5 Å². The van der Waals surface area contributed by atoms with Gasteiger partial charge in [0.2, 0.25) is 0 Å². The summed E-state index contributed by atoms with van der Waals surface area (Å²) < 4.78 is 3.59. The van der Waals surface area contributed by atoms with Crippen LogP contribution in [0.1, 0.15) is 22.3 Å². The number of aromatic nitrogens is 4. The number of hydrogen-bond acceptors (Lipinski definition) is 6. The Balaban J connectivity index is 1.11. The summed E-state index contributed by atoms with van der Waals surface area (Å²) in [7, 11) is 0. The quantitative estimate of drug-likeness (QED) is 0.168. The van der Waals surface area contributed by atoms with Crippen molar-refractivity contribution >= 4 is 53.1 Å². The minimum absolute atomic E-state index is 0.537. The van der Waals surface area contributed by atoms with Crippen molar-refractivity contribution in [1.29, 1.82) is 0 Å². The zero-order chi connectivity index (χ0) is 38.9. The number of fused-ring (bicyclic) bond motifs is 7. The van der Waals surface area contributed by atoms with Gasteiger partial charge in [-0.15, -0.1) is 22.7 Å². The average molecular weight is 789 g/mol. The molecule has 276 valence electrons. The molecule has 3 aromatic heterocycles. The molecule has 1 aliphatic rings. The van der Waals surface area contributed by atoms with E-state index in [0.717, 1.165) is 43.7 Å². The van der Waals surface area contributed by atoms with Gasteiger partial charge in [0.1, 0.15) is 5.01 Å². The summed E-state index contributed by atoms with van der Waals surface area (Å²) in [5.41, 5.74) is 11.7. The fourth-order valence-electron chi connectivity index (χ4n) is 9.15. The lowest BCUT2D eigenvalue weighted by atomic mass is 9.67. The molecular weight excluding hydrogens is 757 g/mol. The van der Waals surface area contributed by atoms with Gasteiger partial charge in [0.05, 0.1) is 15.6 Å². The van der Waals surface area contributed by atoms with Gasteiger partial charge in [-0.05, 0) is 63.7 Å². The lowest BCUT2D eigenvalue weighted by molar-refractivity contribution is 0.768. The first-order valence-corrected chi connectivity index (χ1v) is 21.4. The van der Waals surface area contributed by atoms with Crippen LogP contribution in [0.5, 0.6) is 0 Å². The Hall–Kier alpha value is -7.12. The number of nitrogens with zero attached hydrogens (tertiary/aromatic N) is 4. The molecule has 0 radical (unpaired) electrons. The maximum absolute atomic E-state index is 5.46. The molecule has 0 saturated heterocycles. The van der Waals surface area contributed by atoms with Crippen LogP contribution in [0.15, 0.2) is 194 Å². The Bertz CT molecular complexity index is 3320. The highest BCUT2D eigenvalue weighted by Gasteiger charge is 2.47. The number of rotatable bonds is 6. The van der Waals surface area contributed by atoms with Gasteiger partial charge >= 0.3 is 0 Å². The number of hydrogen-bond donors (Lipinski definition) is 0. The second kappa shape index (κ2) is 13.5. The average Bonchev–Trinajstić information content (AvgIpc) is 4.00. The van der Waals surface area contributed by atoms with Gasteiger partial charge in [-0.25, -0.2) is 19.9 Å². The highest BCUT2D eigenvalue weighted by Crippen LogP contribution is 2.58. The summed E-state index contributed by atoms with van der Waals surface area (Å²) in [5.74, 6) is 1.92. The minimum atomic E-state index is -0.537. The smallest absolute Gasteiger partial charge is 0.164 e. The third kappa shape index (κ3) is 5.27. The fraction of sp³-hybridized carbons (Fsp3) is 0.0189. The van der Waals surface area contributed by atoms with Crippen LogP contribution >= 0.6 is 22.7 Å². The standard InChI is InChI=1S/C53H32N4S2/c1-4-16-33(17-5-1)49-55-50(38-23-14-26-42-47(38)37-22-10-11-25-41(37)53(42,35-18-6-2-7-19-35)36-20-8-3-9-21-36)57-51(56-49)39-24-15-29-46-48(39)40-32-34(30-31-44(40)58-46)52-54-43-27-12-13-28-45(43)59-52/h1-32H. The van der Waals surface area contributed by atoms with E-state index in [1.54, 1.807) is 22.7 Å². The Kier molecular flexibility index (Phi) is 7.77. The Morgan fingerprint density at radius 3 is 1.75 bits per heavy atom. The number of thiazole rings is 1. The van der Waals surface area contributed by atoms with Crippen molar-refractivity contribution in [2.75, 3.05) is 0 Å². The van der Waals surface area contributed by atoms with Crippen LogP contribution in [0.3, 0.4) is 0 Å². The fourth-order valence-corrected chi connectivity index (χ4v) is 11.2. The van der Waals surface area contributed by atoms with E-state index in [9.17, 15) is 0 Å².